The second kappa shape index (κ2) is 10.6. The summed E-state index contributed by atoms with van der Waals surface area (Å²) in [7, 11) is 0. The van der Waals surface area contributed by atoms with Gasteiger partial charge in [-0.05, 0) is 24.7 Å². The van der Waals surface area contributed by atoms with Gasteiger partial charge in [-0.25, -0.2) is 20.4 Å². The molecule has 0 aromatic heterocycles. The van der Waals surface area contributed by atoms with E-state index < -0.39 is 24.0 Å². The molecule has 0 saturated heterocycles. The van der Waals surface area contributed by atoms with Crippen molar-refractivity contribution in [1.29, 1.82) is 0 Å². The smallest absolute Gasteiger partial charge is 0.429 e. The molecule has 0 heterocycles. The Morgan fingerprint density at radius 1 is 0.750 bits per heavy atom. The summed E-state index contributed by atoms with van der Waals surface area (Å²) in [5, 5.41) is 18.3. The largest absolute Gasteiger partial charge is 0.464 e. The molecule has 0 fully saturated rings. The molecule has 138 valence electrons. The number of rotatable bonds is 8. The summed E-state index contributed by atoms with van der Waals surface area (Å²) < 4.78 is 0. The van der Waals surface area contributed by atoms with E-state index in [4.69, 9.17) is 10.2 Å². The minimum atomic E-state index is -1.69. The lowest BCUT2D eigenvalue weighted by Gasteiger charge is -2.22. The van der Waals surface area contributed by atoms with Crippen LogP contribution in [-0.2, 0) is 9.59 Å². The van der Waals surface area contributed by atoms with Crippen LogP contribution < -0.4 is 10.9 Å². The Hall–Kier alpha value is -2.20. The van der Waals surface area contributed by atoms with E-state index in [1.54, 1.807) is 0 Å². The second-order valence-corrected chi connectivity index (χ2v) is 6.03. The highest BCUT2D eigenvalue weighted by Gasteiger charge is 2.34. The van der Waals surface area contributed by atoms with Gasteiger partial charge in [0.2, 0.25) is 0 Å². The van der Waals surface area contributed by atoms with Gasteiger partial charge in [0.15, 0.2) is 0 Å². The van der Waals surface area contributed by atoms with Crippen molar-refractivity contribution in [2.45, 2.75) is 40.5 Å². The zero-order chi connectivity index (χ0) is 18.9. The monoisotopic (exact) mass is 346 g/mol. The van der Waals surface area contributed by atoms with Crippen LogP contribution in [0.15, 0.2) is 0 Å². The molecule has 0 spiro atoms. The maximum atomic E-state index is 12.0. The van der Waals surface area contributed by atoms with Gasteiger partial charge in [-0.2, -0.15) is 10.0 Å². The fourth-order valence-corrected chi connectivity index (χ4v) is 1.57. The fraction of sp³-hybridized carbons (Fsp3) is 0.714. The Bertz CT molecular complexity index is 424. The summed E-state index contributed by atoms with van der Waals surface area (Å²) >= 11 is 0. The Morgan fingerprint density at radius 2 is 1.04 bits per heavy atom. The van der Waals surface area contributed by atoms with E-state index in [1.807, 2.05) is 27.7 Å². The SMILES string of the molecule is CC(C)CCNN(C(=O)O)C(=O)C(=O)N(NCCC(C)C)C(=O)O. The van der Waals surface area contributed by atoms with Gasteiger partial charge in [-0.1, -0.05) is 27.7 Å². The van der Waals surface area contributed by atoms with Crippen LogP contribution in [0.5, 0.6) is 0 Å². The minimum absolute atomic E-state index is 0.102. The van der Waals surface area contributed by atoms with Crippen molar-refractivity contribution in [2.24, 2.45) is 11.8 Å². The average Bonchev–Trinajstić information content (AvgIpc) is 2.45. The molecule has 0 aliphatic carbocycles. The highest BCUT2D eigenvalue weighted by molar-refractivity contribution is 6.38. The Balaban J connectivity index is 4.91. The van der Waals surface area contributed by atoms with E-state index >= 15 is 0 Å². The molecule has 24 heavy (non-hydrogen) atoms. The van der Waals surface area contributed by atoms with Crippen LogP contribution in [0.3, 0.4) is 0 Å². The van der Waals surface area contributed by atoms with Gasteiger partial charge in [-0.15, -0.1) is 0 Å². The first kappa shape index (κ1) is 21.8. The quantitative estimate of drug-likeness (QED) is 0.378. The number of nitrogens with one attached hydrogen (secondary N) is 2. The number of hydrazine groups is 2. The molecule has 0 atom stereocenters. The Labute approximate surface area is 140 Å². The van der Waals surface area contributed by atoms with Gasteiger partial charge in [0.1, 0.15) is 0 Å². The first-order chi connectivity index (χ1) is 11.1. The molecule has 0 aromatic rings. The molecule has 0 radical (unpaired) electrons. The lowest BCUT2D eigenvalue weighted by atomic mass is 10.1. The first-order valence-corrected chi connectivity index (χ1v) is 7.69. The zero-order valence-corrected chi connectivity index (χ0v) is 14.4. The fourth-order valence-electron chi connectivity index (χ4n) is 1.57. The third-order valence-corrected chi connectivity index (χ3v) is 2.95. The standard InChI is InChI=1S/C14H26N4O6/c1-9(2)5-7-15-17(13(21)22)11(19)12(20)18(14(23)24)16-8-6-10(3)4/h9-10,15-16H,5-8H2,1-4H3,(H,21,22)(H,23,24). The number of hydrogen-bond acceptors (Lipinski definition) is 6. The highest BCUT2D eigenvalue weighted by Crippen LogP contribution is 2.01. The Kier molecular flexibility index (Phi) is 9.58. The second-order valence-electron chi connectivity index (χ2n) is 6.03. The van der Waals surface area contributed by atoms with E-state index in [2.05, 4.69) is 10.9 Å². The number of carboxylic acid groups (broad SMARTS) is 2. The summed E-state index contributed by atoms with van der Waals surface area (Å²) in [6.07, 6.45) is -2.24. The molecule has 0 unspecified atom stereocenters. The van der Waals surface area contributed by atoms with Gasteiger partial charge >= 0.3 is 24.0 Å². The molecule has 0 saturated carbocycles. The number of hydrogen-bond donors (Lipinski definition) is 4. The molecule has 0 aliphatic heterocycles. The molecule has 0 bridgehead atoms. The number of nitrogens with zero attached hydrogens (tertiary/aromatic N) is 2. The van der Waals surface area contributed by atoms with Crippen LogP contribution in [0.1, 0.15) is 40.5 Å². The summed E-state index contributed by atoms with van der Waals surface area (Å²) in [6.45, 7) is 7.93. The molecule has 0 rings (SSSR count). The van der Waals surface area contributed by atoms with E-state index in [1.165, 1.54) is 0 Å². The molecule has 0 aromatic carbocycles. The van der Waals surface area contributed by atoms with Crippen LogP contribution in [0, 0.1) is 11.8 Å². The van der Waals surface area contributed by atoms with E-state index in [9.17, 15) is 19.2 Å². The van der Waals surface area contributed by atoms with Gasteiger partial charge in [0, 0.05) is 13.1 Å². The van der Waals surface area contributed by atoms with Crippen molar-refractivity contribution in [3.05, 3.63) is 0 Å². The van der Waals surface area contributed by atoms with E-state index in [0.29, 0.717) is 12.8 Å². The van der Waals surface area contributed by atoms with E-state index in [0.717, 1.165) is 0 Å². The van der Waals surface area contributed by atoms with E-state index in [-0.39, 0.29) is 34.9 Å². The predicted octanol–water partition coefficient (Wildman–Crippen LogP) is 1.10. The summed E-state index contributed by atoms with van der Waals surface area (Å²) in [5.74, 6) is -2.48. The van der Waals surface area contributed by atoms with Crippen molar-refractivity contribution in [2.75, 3.05) is 13.1 Å². The van der Waals surface area contributed by atoms with Gasteiger partial charge in [0.25, 0.3) is 0 Å². The molecule has 10 nitrogen and oxygen atoms in total. The van der Waals surface area contributed by atoms with Gasteiger partial charge in [-0.3, -0.25) is 9.59 Å². The molecule has 4 amide bonds. The third kappa shape index (κ3) is 7.88. The van der Waals surface area contributed by atoms with Crippen molar-refractivity contribution in [3.63, 3.8) is 0 Å². The normalized spacial score (nSPS) is 10.8. The van der Waals surface area contributed by atoms with Crippen molar-refractivity contribution in [1.82, 2.24) is 20.9 Å². The highest BCUT2D eigenvalue weighted by atomic mass is 16.4. The topological polar surface area (TPSA) is 139 Å². The molecule has 10 heteroatoms. The Morgan fingerprint density at radius 3 is 1.25 bits per heavy atom. The lowest BCUT2D eigenvalue weighted by molar-refractivity contribution is -0.152. The lowest BCUT2D eigenvalue weighted by Crippen LogP contribution is -2.57. The maximum absolute atomic E-state index is 12.0. The van der Waals surface area contributed by atoms with Crippen LogP contribution in [0.25, 0.3) is 0 Å². The van der Waals surface area contributed by atoms with Gasteiger partial charge in [0.05, 0.1) is 0 Å². The van der Waals surface area contributed by atoms with Crippen LogP contribution in [0.2, 0.25) is 0 Å². The third-order valence-electron chi connectivity index (χ3n) is 2.95. The van der Waals surface area contributed by atoms with Crippen molar-refractivity contribution >= 4 is 24.0 Å². The first-order valence-electron chi connectivity index (χ1n) is 7.69. The van der Waals surface area contributed by atoms with Crippen molar-refractivity contribution in [3.8, 4) is 0 Å². The maximum Gasteiger partial charge on any atom is 0.429 e. The average molecular weight is 346 g/mol. The van der Waals surface area contributed by atoms with Crippen LogP contribution >= 0.6 is 0 Å². The summed E-state index contributed by atoms with van der Waals surface area (Å²) in [4.78, 5) is 46.2. The summed E-state index contributed by atoms with van der Waals surface area (Å²) in [5.41, 5.74) is 4.63. The van der Waals surface area contributed by atoms with Crippen LogP contribution in [0.4, 0.5) is 9.59 Å². The number of amides is 4. The van der Waals surface area contributed by atoms with Crippen LogP contribution in [-0.4, -0.2) is 57.3 Å². The number of carbonyl (C=O) groups is 4. The molecule has 4 N–H and O–H groups in total. The number of imide groups is 2. The van der Waals surface area contributed by atoms with Gasteiger partial charge < -0.3 is 10.2 Å². The van der Waals surface area contributed by atoms with Crippen molar-refractivity contribution < 1.29 is 29.4 Å². The zero-order valence-electron chi connectivity index (χ0n) is 14.4. The number of carbonyl (C=O) groups excluding carboxylic acids is 2. The molecular weight excluding hydrogens is 320 g/mol. The molecular formula is C14H26N4O6. The summed E-state index contributed by atoms with van der Waals surface area (Å²) in [6, 6.07) is 0. The minimum Gasteiger partial charge on any atom is -0.464 e. The molecule has 0 aliphatic rings. The predicted molar refractivity (Wildman–Crippen MR) is 84.7 cm³/mol.